The topological polar surface area (TPSA) is 60.2 Å². The van der Waals surface area contributed by atoms with Crippen LogP contribution in [0.15, 0.2) is 41.3 Å². The lowest BCUT2D eigenvalue weighted by Gasteiger charge is -2.08. The molecule has 0 aliphatic heterocycles. The summed E-state index contributed by atoms with van der Waals surface area (Å²) in [5, 5.41) is -0.0472. The second kappa shape index (κ2) is 5.60. The first kappa shape index (κ1) is 15.1. The molecular weight excluding hydrogens is 324 g/mol. The summed E-state index contributed by atoms with van der Waals surface area (Å²) in [7, 11) is -3.68. The molecule has 0 atom stereocenters. The van der Waals surface area contributed by atoms with Crippen LogP contribution in [0.5, 0.6) is 0 Å². The third kappa shape index (κ3) is 3.06. The van der Waals surface area contributed by atoms with Gasteiger partial charge in [-0.25, -0.2) is 12.8 Å². The van der Waals surface area contributed by atoms with E-state index < -0.39 is 21.4 Å². The lowest BCUT2D eigenvalue weighted by Crippen LogP contribution is -2.06. The number of benzene rings is 2. The summed E-state index contributed by atoms with van der Waals surface area (Å²) in [6.45, 7) is 0. The van der Waals surface area contributed by atoms with Crippen LogP contribution in [0.3, 0.4) is 0 Å². The molecule has 2 aromatic carbocycles. The molecule has 106 valence electrons. The van der Waals surface area contributed by atoms with Crippen molar-refractivity contribution >= 4 is 38.7 Å². The number of anilines is 1. The maximum atomic E-state index is 13.3. The standard InChI is InChI=1S/C13H10Cl2FNO2S/c14-10-6-9(4-5-12(10)17)20(18,19)7-8-2-1-3-11(16)13(8)15/h1-6H,7,17H2. The highest BCUT2D eigenvalue weighted by Crippen LogP contribution is 2.27. The average molecular weight is 334 g/mol. The van der Waals surface area contributed by atoms with Crippen LogP contribution in [-0.2, 0) is 15.6 Å². The maximum Gasteiger partial charge on any atom is 0.182 e. The van der Waals surface area contributed by atoms with Crippen molar-refractivity contribution in [3.63, 3.8) is 0 Å². The molecule has 2 N–H and O–H groups in total. The zero-order valence-corrected chi connectivity index (χ0v) is 12.4. The Morgan fingerprint density at radius 3 is 2.50 bits per heavy atom. The van der Waals surface area contributed by atoms with Crippen molar-refractivity contribution in [2.75, 3.05) is 5.73 Å². The fraction of sp³-hybridized carbons (Fsp3) is 0.0769. The summed E-state index contributed by atoms with van der Waals surface area (Å²) >= 11 is 11.6. The van der Waals surface area contributed by atoms with Gasteiger partial charge in [0, 0.05) is 0 Å². The molecule has 2 aromatic rings. The number of hydrogen-bond acceptors (Lipinski definition) is 3. The van der Waals surface area contributed by atoms with Gasteiger partial charge in [0.05, 0.1) is 26.4 Å². The molecule has 0 unspecified atom stereocenters. The molecule has 0 aliphatic carbocycles. The fourth-order valence-corrected chi connectivity index (χ4v) is 3.56. The van der Waals surface area contributed by atoms with Gasteiger partial charge in [-0.2, -0.15) is 0 Å². The number of rotatable bonds is 3. The Bertz CT molecular complexity index is 763. The molecule has 0 bridgehead atoms. The van der Waals surface area contributed by atoms with Gasteiger partial charge in [-0.15, -0.1) is 0 Å². The minimum Gasteiger partial charge on any atom is -0.398 e. The average Bonchev–Trinajstić information content (AvgIpc) is 2.38. The Kier molecular flexibility index (Phi) is 4.22. The molecule has 0 aliphatic rings. The molecule has 0 amide bonds. The number of nitrogen functional groups attached to an aromatic ring is 1. The largest absolute Gasteiger partial charge is 0.398 e. The second-order valence-corrected chi connectivity index (χ2v) is 6.93. The number of sulfone groups is 1. The third-order valence-corrected chi connectivity index (χ3v) is 5.12. The van der Waals surface area contributed by atoms with Crippen molar-refractivity contribution in [1.82, 2.24) is 0 Å². The summed E-state index contributed by atoms with van der Waals surface area (Å²) < 4.78 is 37.8. The molecular formula is C13H10Cl2FNO2S. The van der Waals surface area contributed by atoms with Crippen molar-refractivity contribution < 1.29 is 12.8 Å². The van der Waals surface area contributed by atoms with Crippen LogP contribution in [0, 0.1) is 5.82 Å². The molecule has 0 saturated carbocycles. The first-order valence-electron chi connectivity index (χ1n) is 5.52. The van der Waals surface area contributed by atoms with Gasteiger partial charge in [-0.1, -0.05) is 35.3 Å². The van der Waals surface area contributed by atoms with Crippen molar-refractivity contribution in [2.45, 2.75) is 10.6 Å². The van der Waals surface area contributed by atoms with E-state index in [0.29, 0.717) is 0 Å². The van der Waals surface area contributed by atoms with Crippen LogP contribution < -0.4 is 5.73 Å². The minimum absolute atomic E-state index is 0.0111. The maximum absolute atomic E-state index is 13.3. The van der Waals surface area contributed by atoms with E-state index in [1.807, 2.05) is 0 Å². The highest BCUT2D eigenvalue weighted by atomic mass is 35.5. The molecule has 7 heteroatoms. The lowest BCUT2D eigenvalue weighted by molar-refractivity contribution is 0.594. The van der Waals surface area contributed by atoms with Crippen molar-refractivity contribution in [3.8, 4) is 0 Å². The van der Waals surface area contributed by atoms with Crippen molar-refractivity contribution in [2.24, 2.45) is 0 Å². The van der Waals surface area contributed by atoms with Crippen LogP contribution in [0.2, 0.25) is 10.0 Å². The Morgan fingerprint density at radius 1 is 1.15 bits per heavy atom. The molecule has 0 aromatic heterocycles. The highest BCUT2D eigenvalue weighted by molar-refractivity contribution is 7.90. The van der Waals surface area contributed by atoms with E-state index >= 15 is 0 Å². The normalized spacial score (nSPS) is 11.6. The molecule has 0 spiro atoms. The van der Waals surface area contributed by atoms with Gasteiger partial charge >= 0.3 is 0 Å². The summed E-state index contributed by atoms with van der Waals surface area (Å²) in [6.07, 6.45) is 0. The molecule has 0 radical (unpaired) electrons. The predicted octanol–water partition coefficient (Wildman–Crippen LogP) is 3.69. The molecule has 0 fully saturated rings. The Labute approximate surface area is 126 Å². The van der Waals surface area contributed by atoms with Crippen LogP contribution in [0.4, 0.5) is 10.1 Å². The van der Waals surface area contributed by atoms with Crippen molar-refractivity contribution in [1.29, 1.82) is 0 Å². The first-order chi connectivity index (χ1) is 9.31. The monoisotopic (exact) mass is 333 g/mol. The number of halogens is 3. The van der Waals surface area contributed by atoms with E-state index in [1.54, 1.807) is 0 Å². The Morgan fingerprint density at radius 2 is 1.85 bits per heavy atom. The van der Waals surface area contributed by atoms with Crippen LogP contribution in [0.25, 0.3) is 0 Å². The molecule has 2 rings (SSSR count). The van der Waals surface area contributed by atoms with Gasteiger partial charge in [0.15, 0.2) is 9.84 Å². The summed E-state index contributed by atoms with van der Waals surface area (Å²) in [5.74, 6) is -1.07. The number of nitrogens with two attached hydrogens (primary N) is 1. The van der Waals surface area contributed by atoms with Gasteiger partial charge < -0.3 is 5.73 Å². The summed E-state index contributed by atoms with van der Waals surface area (Å²) in [4.78, 5) is 0.0111. The smallest absolute Gasteiger partial charge is 0.182 e. The van der Waals surface area contributed by atoms with E-state index in [9.17, 15) is 12.8 Å². The SMILES string of the molecule is Nc1ccc(S(=O)(=O)Cc2cccc(F)c2Cl)cc1Cl. The molecule has 3 nitrogen and oxygen atoms in total. The minimum atomic E-state index is -3.68. The first-order valence-corrected chi connectivity index (χ1v) is 7.93. The fourth-order valence-electron chi connectivity index (χ4n) is 1.65. The van der Waals surface area contributed by atoms with E-state index in [4.69, 9.17) is 28.9 Å². The van der Waals surface area contributed by atoms with E-state index in [1.165, 1.54) is 36.4 Å². The van der Waals surface area contributed by atoms with E-state index in [2.05, 4.69) is 0 Å². The predicted molar refractivity (Wildman–Crippen MR) is 78.2 cm³/mol. The van der Waals surface area contributed by atoms with Gasteiger partial charge in [0.25, 0.3) is 0 Å². The van der Waals surface area contributed by atoms with Gasteiger partial charge in [-0.05, 0) is 29.8 Å². The van der Waals surface area contributed by atoms with Crippen LogP contribution in [0.1, 0.15) is 5.56 Å². The second-order valence-electron chi connectivity index (χ2n) is 4.16. The summed E-state index contributed by atoms with van der Waals surface area (Å²) in [5.41, 5.74) is 6.01. The third-order valence-electron chi connectivity index (χ3n) is 2.71. The molecule has 0 heterocycles. The summed E-state index contributed by atoms with van der Waals surface area (Å²) in [6, 6.07) is 8.05. The Hall–Kier alpha value is -1.30. The van der Waals surface area contributed by atoms with E-state index in [-0.39, 0.29) is 26.2 Å². The van der Waals surface area contributed by atoms with Crippen LogP contribution in [-0.4, -0.2) is 8.42 Å². The lowest BCUT2D eigenvalue weighted by atomic mass is 10.2. The van der Waals surface area contributed by atoms with Gasteiger partial charge in [-0.3, -0.25) is 0 Å². The van der Waals surface area contributed by atoms with Gasteiger partial charge in [0.2, 0.25) is 0 Å². The molecule has 20 heavy (non-hydrogen) atoms. The zero-order valence-electron chi connectivity index (χ0n) is 10.1. The zero-order chi connectivity index (χ0) is 14.9. The highest BCUT2D eigenvalue weighted by Gasteiger charge is 2.19. The van der Waals surface area contributed by atoms with E-state index in [0.717, 1.165) is 0 Å². The molecule has 0 saturated heterocycles. The van der Waals surface area contributed by atoms with Crippen LogP contribution >= 0.6 is 23.2 Å². The Balaban J connectivity index is 2.41. The van der Waals surface area contributed by atoms with Crippen molar-refractivity contribution in [3.05, 3.63) is 57.8 Å². The quantitative estimate of drug-likeness (QED) is 0.871. The van der Waals surface area contributed by atoms with Gasteiger partial charge in [0.1, 0.15) is 5.82 Å². The number of hydrogen-bond donors (Lipinski definition) is 1.